The molecule has 3 rings (SSSR count). The summed E-state index contributed by atoms with van der Waals surface area (Å²) < 4.78 is 28.2. The summed E-state index contributed by atoms with van der Waals surface area (Å²) in [5.41, 5.74) is 4.46. The summed E-state index contributed by atoms with van der Waals surface area (Å²) in [5, 5.41) is 8.96. The highest BCUT2D eigenvalue weighted by molar-refractivity contribution is 7.89. The minimum absolute atomic E-state index is 0.0649. The van der Waals surface area contributed by atoms with Crippen LogP contribution in [0.5, 0.6) is 5.75 Å². The van der Waals surface area contributed by atoms with Gasteiger partial charge in [0, 0.05) is 5.56 Å². The molecule has 0 saturated heterocycles. The number of carbonyl (C=O) groups is 1. The molecule has 0 spiro atoms. The van der Waals surface area contributed by atoms with E-state index >= 15 is 0 Å². The van der Waals surface area contributed by atoms with Crippen molar-refractivity contribution in [1.82, 2.24) is 5.43 Å². The number of nitrogens with one attached hydrogen (secondary N) is 1. The molecule has 0 aliphatic carbocycles. The van der Waals surface area contributed by atoms with Crippen LogP contribution < -0.4 is 15.3 Å². The fourth-order valence-electron chi connectivity index (χ4n) is 2.45. The highest BCUT2D eigenvalue weighted by Gasteiger charge is 2.09. The number of amides is 1. The average molecular weight is 409 g/mol. The van der Waals surface area contributed by atoms with E-state index in [1.54, 1.807) is 6.07 Å². The van der Waals surface area contributed by atoms with Gasteiger partial charge in [0.05, 0.1) is 11.1 Å². The van der Waals surface area contributed by atoms with E-state index in [-0.39, 0.29) is 10.5 Å². The number of sulfonamides is 1. The first kappa shape index (κ1) is 20.2. The molecule has 29 heavy (non-hydrogen) atoms. The van der Waals surface area contributed by atoms with E-state index in [9.17, 15) is 13.2 Å². The Labute approximate surface area is 168 Å². The molecule has 0 unspecified atom stereocenters. The Morgan fingerprint density at radius 3 is 2.41 bits per heavy atom. The van der Waals surface area contributed by atoms with Crippen LogP contribution in [0.25, 0.3) is 0 Å². The lowest BCUT2D eigenvalue weighted by Crippen LogP contribution is -2.18. The normalized spacial score (nSPS) is 11.3. The van der Waals surface area contributed by atoms with E-state index in [1.165, 1.54) is 30.5 Å². The monoisotopic (exact) mass is 409 g/mol. The van der Waals surface area contributed by atoms with Gasteiger partial charge < -0.3 is 4.74 Å². The Hall–Kier alpha value is -3.49. The zero-order chi connectivity index (χ0) is 20.7. The molecular formula is C21H19N3O4S. The number of benzene rings is 3. The Kier molecular flexibility index (Phi) is 6.38. The molecule has 0 fully saturated rings. The van der Waals surface area contributed by atoms with Gasteiger partial charge in [-0.05, 0) is 47.5 Å². The number of ether oxygens (including phenoxy) is 1. The smallest absolute Gasteiger partial charge is 0.271 e. The quantitative estimate of drug-likeness (QED) is 0.462. The van der Waals surface area contributed by atoms with Gasteiger partial charge in [-0.1, -0.05) is 42.5 Å². The van der Waals surface area contributed by atoms with Crippen LogP contribution in [0.3, 0.4) is 0 Å². The van der Waals surface area contributed by atoms with E-state index in [0.717, 1.165) is 11.1 Å². The van der Waals surface area contributed by atoms with Crippen molar-refractivity contribution in [2.75, 3.05) is 0 Å². The molecule has 0 aliphatic heterocycles. The second-order valence-electron chi connectivity index (χ2n) is 6.12. The molecule has 3 aromatic carbocycles. The Morgan fingerprint density at radius 1 is 1.00 bits per heavy atom. The molecule has 0 heterocycles. The zero-order valence-corrected chi connectivity index (χ0v) is 16.2. The Morgan fingerprint density at radius 2 is 1.72 bits per heavy atom. The summed E-state index contributed by atoms with van der Waals surface area (Å²) in [4.78, 5) is 12.0. The van der Waals surface area contributed by atoms with Crippen LogP contribution in [0.1, 0.15) is 21.5 Å². The number of primary sulfonamides is 1. The Bertz CT molecular complexity index is 1110. The molecule has 0 aliphatic rings. The molecule has 8 heteroatoms. The van der Waals surface area contributed by atoms with E-state index in [1.807, 2.05) is 48.5 Å². The maximum atomic E-state index is 12.1. The predicted octanol–water partition coefficient (Wildman–Crippen LogP) is 2.68. The van der Waals surface area contributed by atoms with Gasteiger partial charge in [0.15, 0.2) is 0 Å². The van der Waals surface area contributed by atoms with E-state index < -0.39 is 15.9 Å². The molecule has 0 saturated carbocycles. The average Bonchev–Trinajstić information content (AvgIpc) is 2.73. The fraction of sp³-hybridized carbons (Fsp3) is 0.0476. The van der Waals surface area contributed by atoms with E-state index in [4.69, 9.17) is 9.88 Å². The van der Waals surface area contributed by atoms with Crippen molar-refractivity contribution < 1.29 is 17.9 Å². The molecule has 0 radical (unpaired) electrons. The Balaban J connectivity index is 1.58. The summed E-state index contributed by atoms with van der Waals surface area (Å²) >= 11 is 0. The number of nitrogens with two attached hydrogens (primary N) is 1. The van der Waals surface area contributed by atoms with Gasteiger partial charge in [0.25, 0.3) is 5.91 Å². The maximum absolute atomic E-state index is 12.1. The summed E-state index contributed by atoms with van der Waals surface area (Å²) in [6.07, 6.45) is 1.49. The third kappa shape index (κ3) is 6.00. The number of rotatable bonds is 7. The summed E-state index contributed by atoms with van der Waals surface area (Å²) in [5.74, 6) is 0.210. The van der Waals surface area contributed by atoms with Crippen LogP contribution in [0.2, 0.25) is 0 Å². The van der Waals surface area contributed by atoms with E-state index in [0.29, 0.717) is 12.4 Å². The van der Waals surface area contributed by atoms with Gasteiger partial charge >= 0.3 is 0 Å². The van der Waals surface area contributed by atoms with Crippen LogP contribution in [-0.2, 0) is 16.6 Å². The molecule has 3 N–H and O–H groups in total. The number of hydrogen-bond acceptors (Lipinski definition) is 5. The molecule has 7 nitrogen and oxygen atoms in total. The first-order valence-corrected chi connectivity index (χ1v) is 10.2. The molecule has 1 amide bonds. The van der Waals surface area contributed by atoms with Gasteiger partial charge in [0.1, 0.15) is 12.4 Å². The topological polar surface area (TPSA) is 111 Å². The highest BCUT2D eigenvalue weighted by atomic mass is 32.2. The maximum Gasteiger partial charge on any atom is 0.271 e. The first-order valence-electron chi connectivity index (χ1n) is 8.65. The van der Waals surface area contributed by atoms with Gasteiger partial charge in [-0.15, -0.1) is 0 Å². The standard InChI is InChI=1S/C21H19N3O4S/c22-29(26,27)20-11-9-18(10-12-20)21(25)24-23-14-17-7-4-8-19(13-17)28-15-16-5-2-1-3-6-16/h1-14H,15H2,(H,24,25)(H2,22,26,27)/b23-14+. The predicted molar refractivity (Wildman–Crippen MR) is 110 cm³/mol. The van der Waals surface area contributed by atoms with Crippen molar-refractivity contribution in [3.63, 3.8) is 0 Å². The van der Waals surface area contributed by atoms with Crippen LogP contribution in [-0.4, -0.2) is 20.5 Å². The second-order valence-corrected chi connectivity index (χ2v) is 7.68. The van der Waals surface area contributed by atoms with Crippen LogP contribution >= 0.6 is 0 Å². The van der Waals surface area contributed by atoms with Crippen LogP contribution in [0.15, 0.2) is 88.9 Å². The lowest BCUT2D eigenvalue weighted by atomic mass is 10.2. The minimum atomic E-state index is -3.80. The zero-order valence-electron chi connectivity index (χ0n) is 15.4. The first-order chi connectivity index (χ1) is 13.9. The van der Waals surface area contributed by atoms with Crippen molar-refractivity contribution in [2.45, 2.75) is 11.5 Å². The fourth-order valence-corrected chi connectivity index (χ4v) is 2.97. The molecule has 3 aromatic rings. The van der Waals surface area contributed by atoms with Gasteiger partial charge in [-0.2, -0.15) is 5.10 Å². The molecule has 0 atom stereocenters. The van der Waals surface area contributed by atoms with Crippen molar-refractivity contribution >= 4 is 22.1 Å². The second kappa shape index (κ2) is 9.13. The van der Waals surface area contributed by atoms with Gasteiger partial charge in [-0.3, -0.25) is 4.79 Å². The van der Waals surface area contributed by atoms with Gasteiger partial charge in [0.2, 0.25) is 10.0 Å². The van der Waals surface area contributed by atoms with Crippen molar-refractivity contribution in [3.05, 3.63) is 95.6 Å². The number of hydrogen-bond donors (Lipinski definition) is 2. The third-order valence-electron chi connectivity index (χ3n) is 3.93. The lowest BCUT2D eigenvalue weighted by molar-refractivity contribution is 0.0955. The SMILES string of the molecule is NS(=O)(=O)c1ccc(C(=O)N/N=C/c2cccc(OCc3ccccc3)c2)cc1. The lowest BCUT2D eigenvalue weighted by Gasteiger charge is -2.06. The summed E-state index contributed by atoms with van der Waals surface area (Å²) in [6, 6.07) is 22.4. The number of nitrogens with zero attached hydrogens (tertiary/aromatic N) is 1. The molecule has 0 bridgehead atoms. The highest BCUT2D eigenvalue weighted by Crippen LogP contribution is 2.14. The summed E-state index contributed by atoms with van der Waals surface area (Å²) in [7, 11) is -3.80. The number of carbonyl (C=O) groups excluding carboxylic acids is 1. The molecule has 0 aromatic heterocycles. The van der Waals surface area contributed by atoms with Crippen molar-refractivity contribution in [3.8, 4) is 5.75 Å². The summed E-state index contributed by atoms with van der Waals surface area (Å²) in [6.45, 7) is 0.451. The van der Waals surface area contributed by atoms with Crippen molar-refractivity contribution in [1.29, 1.82) is 0 Å². The number of hydrazone groups is 1. The van der Waals surface area contributed by atoms with E-state index in [2.05, 4.69) is 10.5 Å². The van der Waals surface area contributed by atoms with Crippen molar-refractivity contribution in [2.24, 2.45) is 10.2 Å². The molecular weight excluding hydrogens is 390 g/mol. The largest absolute Gasteiger partial charge is 0.489 e. The van der Waals surface area contributed by atoms with Crippen LogP contribution in [0.4, 0.5) is 0 Å². The van der Waals surface area contributed by atoms with Gasteiger partial charge in [-0.25, -0.2) is 19.0 Å². The van der Waals surface area contributed by atoms with Crippen LogP contribution in [0, 0.1) is 0 Å². The molecule has 148 valence electrons. The minimum Gasteiger partial charge on any atom is -0.489 e. The third-order valence-corrected chi connectivity index (χ3v) is 4.86.